The minimum atomic E-state index is -0.459. The van der Waals surface area contributed by atoms with E-state index in [9.17, 15) is 14.9 Å². The van der Waals surface area contributed by atoms with Crippen LogP contribution in [0.1, 0.15) is 27.0 Å². The summed E-state index contributed by atoms with van der Waals surface area (Å²) in [5.74, 6) is -0.315. The zero-order valence-electron chi connectivity index (χ0n) is 18.7. The maximum atomic E-state index is 12.6. The Morgan fingerprint density at radius 2 is 1.61 bits per heavy atom. The molecule has 0 spiro atoms. The molecule has 3 aromatic rings. The SMILES string of the molecule is Cc1ccc(C(=O)NCc2ccccc2CN2CCN(c3ccccc3)CC2)cc1[N+](=O)[O-]. The summed E-state index contributed by atoms with van der Waals surface area (Å²) in [6.07, 6.45) is 0. The molecular weight excluding hydrogens is 416 g/mol. The number of aryl methyl sites for hydroxylation is 1. The van der Waals surface area contributed by atoms with Crippen LogP contribution in [0.3, 0.4) is 0 Å². The third kappa shape index (κ3) is 5.56. The zero-order chi connectivity index (χ0) is 23.2. The van der Waals surface area contributed by atoms with Crippen LogP contribution in [-0.4, -0.2) is 41.9 Å². The Morgan fingerprint density at radius 1 is 0.939 bits per heavy atom. The van der Waals surface area contributed by atoms with E-state index >= 15 is 0 Å². The third-order valence-electron chi connectivity index (χ3n) is 6.11. The van der Waals surface area contributed by atoms with Gasteiger partial charge in [-0.1, -0.05) is 48.5 Å². The number of benzene rings is 3. The Morgan fingerprint density at radius 3 is 2.30 bits per heavy atom. The van der Waals surface area contributed by atoms with Gasteiger partial charge in [-0.25, -0.2) is 0 Å². The molecular formula is C26H28N4O3. The topological polar surface area (TPSA) is 78.7 Å². The first kappa shape index (κ1) is 22.5. The van der Waals surface area contributed by atoms with E-state index in [1.165, 1.54) is 17.3 Å². The summed E-state index contributed by atoms with van der Waals surface area (Å²) in [6, 6.07) is 23.1. The number of anilines is 1. The van der Waals surface area contributed by atoms with Crippen molar-refractivity contribution in [1.29, 1.82) is 0 Å². The number of piperazine rings is 1. The van der Waals surface area contributed by atoms with E-state index < -0.39 is 4.92 Å². The van der Waals surface area contributed by atoms with Crippen LogP contribution < -0.4 is 10.2 Å². The first-order valence-electron chi connectivity index (χ1n) is 11.1. The zero-order valence-corrected chi connectivity index (χ0v) is 18.7. The molecule has 7 nitrogen and oxygen atoms in total. The number of nitro benzene ring substituents is 1. The molecule has 1 fully saturated rings. The van der Waals surface area contributed by atoms with E-state index in [1.807, 2.05) is 24.3 Å². The summed E-state index contributed by atoms with van der Waals surface area (Å²) in [5.41, 5.74) is 4.28. The smallest absolute Gasteiger partial charge is 0.273 e. The summed E-state index contributed by atoms with van der Waals surface area (Å²) in [6.45, 7) is 6.77. The number of rotatable bonds is 7. The first-order chi connectivity index (χ1) is 16.0. The van der Waals surface area contributed by atoms with Gasteiger partial charge in [-0.3, -0.25) is 19.8 Å². The van der Waals surface area contributed by atoms with Gasteiger partial charge in [-0.15, -0.1) is 0 Å². The number of hydrogen-bond donors (Lipinski definition) is 1. The summed E-state index contributed by atoms with van der Waals surface area (Å²) in [4.78, 5) is 28.2. The van der Waals surface area contributed by atoms with Gasteiger partial charge in [0.15, 0.2) is 0 Å². The van der Waals surface area contributed by atoms with Crippen LogP contribution in [-0.2, 0) is 13.1 Å². The Hall–Kier alpha value is -3.71. The predicted molar refractivity (Wildman–Crippen MR) is 129 cm³/mol. The van der Waals surface area contributed by atoms with Crippen molar-refractivity contribution in [2.45, 2.75) is 20.0 Å². The van der Waals surface area contributed by atoms with Crippen LogP contribution in [0, 0.1) is 17.0 Å². The van der Waals surface area contributed by atoms with Gasteiger partial charge in [0.1, 0.15) is 0 Å². The molecule has 1 amide bonds. The van der Waals surface area contributed by atoms with Crippen molar-refractivity contribution < 1.29 is 9.72 Å². The molecule has 0 atom stereocenters. The summed E-state index contributed by atoms with van der Waals surface area (Å²) in [7, 11) is 0. The number of para-hydroxylation sites is 1. The number of hydrogen-bond acceptors (Lipinski definition) is 5. The Bertz CT molecular complexity index is 1130. The fourth-order valence-corrected chi connectivity index (χ4v) is 4.15. The Balaban J connectivity index is 1.36. The predicted octanol–water partition coefficient (Wildman–Crippen LogP) is 4.16. The van der Waals surface area contributed by atoms with Crippen LogP contribution in [0.15, 0.2) is 72.8 Å². The molecule has 1 N–H and O–H groups in total. The molecule has 1 saturated heterocycles. The van der Waals surface area contributed by atoms with Crippen LogP contribution >= 0.6 is 0 Å². The molecule has 7 heteroatoms. The molecule has 33 heavy (non-hydrogen) atoms. The summed E-state index contributed by atoms with van der Waals surface area (Å²) >= 11 is 0. The molecule has 1 aliphatic heterocycles. The lowest BCUT2D eigenvalue weighted by molar-refractivity contribution is -0.385. The molecule has 0 aromatic heterocycles. The van der Waals surface area contributed by atoms with Crippen molar-refractivity contribution in [2.75, 3.05) is 31.1 Å². The van der Waals surface area contributed by atoms with Crippen LogP contribution in [0.4, 0.5) is 11.4 Å². The monoisotopic (exact) mass is 444 g/mol. The minimum absolute atomic E-state index is 0.0438. The van der Waals surface area contributed by atoms with E-state index in [1.54, 1.807) is 19.1 Å². The van der Waals surface area contributed by atoms with Crippen LogP contribution in [0.5, 0.6) is 0 Å². The highest BCUT2D eigenvalue weighted by molar-refractivity contribution is 5.94. The maximum Gasteiger partial charge on any atom is 0.273 e. The number of nitro groups is 1. The Labute approximate surface area is 193 Å². The molecule has 0 radical (unpaired) electrons. The standard InChI is InChI=1S/C26H28N4O3/c1-20-11-12-21(17-25(20)30(32)33)26(31)27-18-22-7-5-6-8-23(22)19-28-13-15-29(16-14-28)24-9-3-2-4-10-24/h2-12,17H,13-16,18-19H2,1H3,(H,27,31). The second kappa shape index (κ2) is 10.3. The fourth-order valence-electron chi connectivity index (χ4n) is 4.15. The molecule has 0 unspecified atom stereocenters. The number of nitrogens with zero attached hydrogens (tertiary/aromatic N) is 3. The van der Waals surface area contributed by atoms with E-state index in [0.717, 1.165) is 38.3 Å². The van der Waals surface area contributed by atoms with Crippen molar-refractivity contribution in [2.24, 2.45) is 0 Å². The second-order valence-corrected chi connectivity index (χ2v) is 8.31. The average Bonchev–Trinajstić information content (AvgIpc) is 2.84. The van der Waals surface area contributed by atoms with E-state index in [0.29, 0.717) is 17.7 Å². The van der Waals surface area contributed by atoms with Gasteiger partial charge in [0.2, 0.25) is 0 Å². The highest BCUT2D eigenvalue weighted by Gasteiger charge is 2.19. The third-order valence-corrected chi connectivity index (χ3v) is 6.11. The van der Waals surface area contributed by atoms with Gasteiger partial charge in [-0.2, -0.15) is 0 Å². The summed E-state index contributed by atoms with van der Waals surface area (Å²) < 4.78 is 0. The van der Waals surface area contributed by atoms with Gasteiger partial charge in [0.25, 0.3) is 11.6 Å². The largest absolute Gasteiger partial charge is 0.369 e. The number of carbonyl (C=O) groups excluding carboxylic acids is 1. The lowest BCUT2D eigenvalue weighted by atomic mass is 10.1. The number of carbonyl (C=O) groups is 1. The Kier molecular flexibility index (Phi) is 7.00. The van der Waals surface area contributed by atoms with E-state index in [2.05, 4.69) is 45.4 Å². The van der Waals surface area contributed by atoms with Crippen molar-refractivity contribution in [3.63, 3.8) is 0 Å². The van der Waals surface area contributed by atoms with E-state index in [4.69, 9.17) is 0 Å². The molecule has 0 saturated carbocycles. The molecule has 1 heterocycles. The molecule has 1 aliphatic rings. The van der Waals surface area contributed by atoms with Crippen molar-refractivity contribution in [3.8, 4) is 0 Å². The quantitative estimate of drug-likeness (QED) is 0.437. The van der Waals surface area contributed by atoms with Crippen molar-refractivity contribution in [1.82, 2.24) is 10.2 Å². The molecule has 3 aromatic carbocycles. The van der Waals surface area contributed by atoms with E-state index in [-0.39, 0.29) is 11.6 Å². The second-order valence-electron chi connectivity index (χ2n) is 8.31. The molecule has 4 rings (SSSR count). The van der Waals surface area contributed by atoms with Gasteiger partial charge >= 0.3 is 0 Å². The molecule has 0 aliphatic carbocycles. The van der Waals surface area contributed by atoms with Gasteiger partial charge in [-0.05, 0) is 36.2 Å². The highest BCUT2D eigenvalue weighted by atomic mass is 16.6. The first-order valence-corrected chi connectivity index (χ1v) is 11.1. The van der Waals surface area contributed by atoms with Crippen LogP contribution in [0.25, 0.3) is 0 Å². The normalized spacial score (nSPS) is 14.2. The number of nitrogens with one attached hydrogen (secondary N) is 1. The fraction of sp³-hybridized carbons (Fsp3) is 0.269. The van der Waals surface area contributed by atoms with Gasteiger partial charge < -0.3 is 10.2 Å². The minimum Gasteiger partial charge on any atom is -0.369 e. The maximum absolute atomic E-state index is 12.6. The average molecular weight is 445 g/mol. The molecule has 170 valence electrons. The van der Waals surface area contributed by atoms with Crippen LogP contribution in [0.2, 0.25) is 0 Å². The van der Waals surface area contributed by atoms with Crippen molar-refractivity contribution >= 4 is 17.3 Å². The summed E-state index contributed by atoms with van der Waals surface area (Å²) in [5, 5.41) is 14.1. The number of amides is 1. The molecule has 0 bridgehead atoms. The van der Waals surface area contributed by atoms with Gasteiger partial charge in [0.05, 0.1) is 4.92 Å². The highest BCUT2D eigenvalue weighted by Crippen LogP contribution is 2.20. The lowest BCUT2D eigenvalue weighted by Gasteiger charge is -2.36. The van der Waals surface area contributed by atoms with Crippen molar-refractivity contribution in [3.05, 3.63) is 105 Å². The van der Waals surface area contributed by atoms with Gasteiger partial charge in [0, 0.05) is 62.1 Å². The lowest BCUT2D eigenvalue weighted by Crippen LogP contribution is -2.46.